The monoisotopic (exact) mass is 334 g/mol. The van der Waals surface area contributed by atoms with Crippen molar-refractivity contribution in [2.24, 2.45) is 5.92 Å². The summed E-state index contributed by atoms with van der Waals surface area (Å²) >= 11 is 4.26. The lowest BCUT2D eigenvalue weighted by molar-refractivity contribution is 0.120. The lowest BCUT2D eigenvalue weighted by atomic mass is 9.96. The van der Waals surface area contributed by atoms with Crippen molar-refractivity contribution in [3.63, 3.8) is 0 Å². The molecule has 1 heterocycles. The largest absolute Gasteiger partial charge is 0.392 e. The molecule has 1 fully saturated rings. The smallest absolute Gasteiger partial charge is 0.0616 e. The average Bonchev–Trinajstić information content (AvgIpc) is 2.74. The summed E-state index contributed by atoms with van der Waals surface area (Å²) in [7, 11) is 0. The van der Waals surface area contributed by atoms with Crippen molar-refractivity contribution in [1.82, 2.24) is 0 Å². The fourth-order valence-electron chi connectivity index (χ4n) is 1.88. The molecule has 0 radical (unpaired) electrons. The molecule has 0 aromatic heterocycles. The average molecular weight is 334 g/mol. The molecule has 15 heavy (non-hydrogen) atoms. The van der Waals surface area contributed by atoms with Gasteiger partial charge in [-0.05, 0) is 70.6 Å². The van der Waals surface area contributed by atoms with Crippen LogP contribution in [0.1, 0.15) is 12.0 Å². The van der Waals surface area contributed by atoms with Gasteiger partial charge in [0.25, 0.3) is 0 Å². The van der Waals surface area contributed by atoms with Gasteiger partial charge in [0.05, 0.1) is 6.10 Å². The highest BCUT2D eigenvalue weighted by molar-refractivity contribution is 14.1. The Morgan fingerprint density at radius 1 is 1.40 bits per heavy atom. The van der Waals surface area contributed by atoms with Crippen LogP contribution in [0, 0.1) is 9.49 Å². The van der Waals surface area contributed by atoms with Crippen LogP contribution in [0.4, 0.5) is 0 Å². The number of hydrogen-bond acceptors (Lipinski definition) is 2. The van der Waals surface area contributed by atoms with E-state index in [1.807, 2.05) is 11.8 Å². The predicted molar refractivity (Wildman–Crippen MR) is 74.3 cm³/mol. The van der Waals surface area contributed by atoms with Gasteiger partial charge in [-0.15, -0.1) is 0 Å². The van der Waals surface area contributed by atoms with Crippen LogP contribution >= 0.6 is 34.4 Å². The molecule has 1 saturated heterocycles. The van der Waals surface area contributed by atoms with E-state index < -0.39 is 0 Å². The Kier molecular flexibility index (Phi) is 4.34. The maximum atomic E-state index is 10.1. The SMILES string of the molecule is OC(Cc1ccc(I)cc1)C1CCSC1. The second kappa shape index (κ2) is 5.55. The zero-order valence-electron chi connectivity index (χ0n) is 8.53. The quantitative estimate of drug-likeness (QED) is 0.858. The maximum Gasteiger partial charge on any atom is 0.0616 e. The molecule has 0 bridgehead atoms. The Morgan fingerprint density at radius 2 is 2.13 bits per heavy atom. The number of benzene rings is 1. The van der Waals surface area contributed by atoms with Crippen LogP contribution in [0.25, 0.3) is 0 Å². The molecule has 1 nitrogen and oxygen atoms in total. The highest BCUT2D eigenvalue weighted by Gasteiger charge is 2.23. The molecule has 0 spiro atoms. The summed E-state index contributed by atoms with van der Waals surface area (Å²) in [5, 5.41) is 10.1. The van der Waals surface area contributed by atoms with Gasteiger partial charge in [-0.25, -0.2) is 0 Å². The van der Waals surface area contributed by atoms with Gasteiger partial charge in [0.2, 0.25) is 0 Å². The summed E-state index contributed by atoms with van der Waals surface area (Å²) in [5.41, 5.74) is 1.25. The van der Waals surface area contributed by atoms with Crippen LogP contribution < -0.4 is 0 Å². The normalized spacial score (nSPS) is 22.9. The molecule has 0 saturated carbocycles. The van der Waals surface area contributed by atoms with Crippen molar-refractivity contribution in [2.45, 2.75) is 18.9 Å². The van der Waals surface area contributed by atoms with Crippen LogP contribution in [0.15, 0.2) is 24.3 Å². The number of halogens is 1. The zero-order chi connectivity index (χ0) is 10.7. The third kappa shape index (κ3) is 3.36. The Labute approximate surface area is 109 Å². The third-order valence-electron chi connectivity index (χ3n) is 2.87. The van der Waals surface area contributed by atoms with Crippen LogP contribution in [-0.2, 0) is 6.42 Å². The first-order valence-electron chi connectivity index (χ1n) is 5.26. The van der Waals surface area contributed by atoms with E-state index in [9.17, 15) is 5.11 Å². The summed E-state index contributed by atoms with van der Waals surface area (Å²) in [6.07, 6.45) is 1.83. The molecule has 1 aromatic rings. The van der Waals surface area contributed by atoms with Crippen molar-refractivity contribution in [1.29, 1.82) is 0 Å². The fraction of sp³-hybridized carbons (Fsp3) is 0.500. The first kappa shape index (κ1) is 11.7. The van der Waals surface area contributed by atoms with E-state index in [4.69, 9.17) is 0 Å². The summed E-state index contributed by atoms with van der Waals surface area (Å²) in [6.45, 7) is 0. The summed E-state index contributed by atoms with van der Waals surface area (Å²) in [6, 6.07) is 8.44. The molecule has 1 N–H and O–H groups in total. The number of thioether (sulfide) groups is 1. The standard InChI is InChI=1S/C12H15IOS/c13-11-3-1-9(2-4-11)7-12(14)10-5-6-15-8-10/h1-4,10,12,14H,5-8H2. The minimum absolute atomic E-state index is 0.153. The van der Waals surface area contributed by atoms with Crippen LogP contribution in [0.5, 0.6) is 0 Å². The van der Waals surface area contributed by atoms with Crippen LogP contribution in [-0.4, -0.2) is 22.7 Å². The van der Waals surface area contributed by atoms with Crippen molar-refractivity contribution >= 4 is 34.4 Å². The molecule has 1 aromatic carbocycles. The molecule has 2 atom stereocenters. The summed E-state index contributed by atoms with van der Waals surface area (Å²) < 4.78 is 1.25. The zero-order valence-corrected chi connectivity index (χ0v) is 11.5. The molecular formula is C12H15IOS. The first-order valence-corrected chi connectivity index (χ1v) is 7.49. The van der Waals surface area contributed by atoms with Crippen molar-refractivity contribution in [3.05, 3.63) is 33.4 Å². The van der Waals surface area contributed by atoms with Gasteiger partial charge in [0.1, 0.15) is 0 Å². The Bertz CT molecular complexity index is 306. The molecule has 1 aliphatic heterocycles. The Hall–Kier alpha value is 0.260. The number of hydrogen-bond donors (Lipinski definition) is 1. The van der Waals surface area contributed by atoms with E-state index in [1.165, 1.54) is 21.3 Å². The minimum atomic E-state index is -0.153. The van der Waals surface area contributed by atoms with Gasteiger partial charge < -0.3 is 5.11 Å². The topological polar surface area (TPSA) is 20.2 Å². The Balaban J connectivity index is 1.92. The predicted octanol–water partition coefficient (Wildman–Crippen LogP) is 2.95. The lowest BCUT2D eigenvalue weighted by Crippen LogP contribution is -2.22. The summed E-state index contributed by atoms with van der Waals surface area (Å²) in [5.74, 6) is 2.86. The third-order valence-corrected chi connectivity index (χ3v) is 4.77. The lowest BCUT2D eigenvalue weighted by Gasteiger charge is -2.16. The number of aliphatic hydroxyl groups is 1. The molecule has 3 heteroatoms. The van der Waals surface area contributed by atoms with Crippen LogP contribution in [0.3, 0.4) is 0 Å². The molecular weight excluding hydrogens is 319 g/mol. The van der Waals surface area contributed by atoms with Crippen molar-refractivity contribution < 1.29 is 5.11 Å². The van der Waals surface area contributed by atoms with E-state index in [-0.39, 0.29) is 6.10 Å². The van der Waals surface area contributed by atoms with E-state index in [0.717, 1.165) is 12.2 Å². The number of rotatable bonds is 3. The van der Waals surface area contributed by atoms with E-state index in [0.29, 0.717) is 5.92 Å². The van der Waals surface area contributed by atoms with Crippen LogP contribution in [0.2, 0.25) is 0 Å². The first-order chi connectivity index (χ1) is 7.25. The second-order valence-corrected chi connectivity index (χ2v) is 6.42. The highest BCUT2D eigenvalue weighted by Crippen LogP contribution is 2.27. The maximum absolute atomic E-state index is 10.1. The Morgan fingerprint density at radius 3 is 2.73 bits per heavy atom. The number of aliphatic hydroxyl groups excluding tert-OH is 1. The summed E-state index contributed by atoms with van der Waals surface area (Å²) in [4.78, 5) is 0. The van der Waals surface area contributed by atoms with E-state index in [2.05, 4.69) is 46.9 Å². The van der Waals surface area contributed by atoms with E-state index in [1.54, 1.807) is 0 Å². The molecule has 2 rings (SSSR count). The molecule has 2 unspecified atom stereocenters. The van der Waals surface area contributed by atoms with Gasteiger partial charge in [-0.3, -0.25) is 0 Å². The van der Waals surface area contributed by atoms with Gasteiger partial charge in [0, 0.05) is 3.57 Å². The molecule has 0 amide bonds. The fourth-order valence-corrected chi connectivity index (χ4v) is 3.57. The van der Waals surface area contributed by atoms with Gasteiger partial charge in [-0.1, -0.05) is 12.1 Å². The van der Waals surface area contributed by atoms with Gasteiger partial charge >= 0.3 is 0 Å². The molecule has 1 aliphatic rings. The van der Waals surface area contributed by atoms with Crippen molar-refractivity contribution in [2.75, 3.05) is 11.5 Å². The van der Waals surface area contributed by atoms with E-state index >= 15 is 0 Å². The van der Waals surface area contributed by atoms with Gasteiger partial charge in [-0.2, -0.15) is 11.8 Å². The second-order valence-electron chi connectivity index (χ2n) is 4.02. The van der Waals surface area contributed by atoms with Gasteiger partial charge in [0.15, 0.2) is 0 Å². The van der Waals surface area contributed by atoms with Crippen molar-refractivity contribution in [3.8, 4) is 0 Å². The molecule has 0 aliphatic carbocycles. The highest BCUT2D eigenvalue weighted by atomic mass is 127. The molecule has 82 valence electrons. The minimum Gasteiger partial charge on any atom is -0.392 e.